The Morgan fingerprint density at radius 2 is 1.61 bits per heavy atom. The zero-order valence-electron chi connectivity index (χ0n) is 16.1. The zero-order valence-corrected chi connectivity index (χ0v) is 17.6. The van der Waals surface area contributed by atoms with Crippen LogP contribution in [0.4, 0.5) is 18.9 Å². The van der Waals surface area contributed by atoms with Crippen LogP contribution in [-0.4, -0.2) is 21.4 Å². The standard InChI is InChI=1S/C21H16ClF3N2O3S/c1-27(16-5-2-14(23)3-6-16)31(29,30)17-7-8-19(22)18(11-17)21(28)26-12-13-10-15(24)4-9-20(13)25/h2-11H,12H2,1H3,(H,26,28). The molecule has 0 heterocycles. The number of benzene rings is 3. The van der Waals surface area contributed by atoms with Gasteiger partial charge in [0.1, 0.15) is 17.5 Å². The summed E-state index contributed by atoms with van der Waals surface area (Å²) in [6.45, 7) is -0.328. The molecule has 0 saturated heterocycles. The van der Waals surface area contributed by atoms with Crippen molar-refractivity contribution in [3.63, 3.8) is 0 Å². The molecule has 162 valence electrons. The predicted octanol–water partition coefficient (Wildman–Crippen LogP) is 4.51. The first-order valence-electron chi connectivity index (χ1n) is 8.86. The van der Waals surface area contributed by atoms with E-state index in [0.29, 0.717) is 0 Å². The lowest BCUT2D eigenvalue weighted by Crippen LogP contribution is -2.28. The molecule has 31 heavy (non-hydrogen) atoms. The molecule has 0 atom stereocenters. The summed E-state index contributed by atoms with van der Waals surface area (Å²) < 4.78 is 67.0. The van der Waals surface area contributed by atoms with Gasteiger partial charge in [-0.1, -0.05) is 11.6 Å². The van der Waals surface area contributed by atoms with Gasteiger partial charge in [-0.15, -0.1) is 0 Å². The maximum absolute atomic E-state index is 13.7. The molecule has 0 aromatic heterocycles. The Kier molecular flexibility index (Phi) is 6.56. The fourth-order valence-electron chi connectivity index (χ4n) is 2.74. The number of amides is 1. The van der Waals surface area contributed by atoms with Gasteiger partial charge in [0, 0.05) is 19.2 Å². The first-order valence-corrected chi connectivity index (χ1v) is 10.7. The Morgan fingerprint density at radius 3 is 2.29 bits per heavy atom. The summed E-state index contributed by atoms with van der Waals surface area (Å²) >= 11 is 6.05. The summed E-state index contributed by atoms with van der Waals surface area (Å²) in [5, 5.41) is 2.36. The van der Waals surface area contributed by atoms with Crippen molar-refractivity contribution in [2.24, 2.45) is 0 Å². The van der Waals surface area contributed by atoms with Gasteiger partial charge >= 0.3 is 0 Å². The third-order valence-corrected chi connectivity index (χ3v) is 6.59. The molecule has 3 aromatic rings. The van der Waals surface area contributed by atoms with E-state index in [1.807, 2.05) is 0 Å². The van der Waals surface area contributed by atoms with Crippen LogP contribution in [0.25, 0.3) is 0 Å². The van der Waals surface area contributed by atoms with Crippen LogP contribution in [0.15, 0.2) is 65.6 Å². The summed E-state index contributed by atoms with van der Waals surface area (Å²) in [4.78, 5) is 12.3. The van der Waals surface area contributed by atoms with Gasteiger partial charge in [-0.2, -0.15) is 0 Å². The lowest BCUT2D eigenvalue weighted by molar-refractivity contribution is 0.0950. The highest BCUT2D eigenvalue weighted by atomic mass is 35.5. The SMILES string of the molecule is CN(c1ccc(F)cc1)S(=O)(=O)c1ccc(Cl)c(C(=O)NCc2cc(F)ccc2F)c1. The molecule has 0 unspecified atom stereocenters. The maximum atomic E-state index is 13.7. The molecule has 3 aromatic carbocycles. The monoisotopic (exact) mass is 468 g/mol. The van der Waals surface area contributed by atoms with E-state index < -0.39 is 33.4 Å². The van der Waals surface area contributed by atoms with Gasteiger partial charge in [-0.3, -0.25) is 9.10 Å². The van der Waals surface area contributed by atoms with E-state index in [0.717, 1.165) is 40.7 Å². The van der Waals surface area contributed by atoms with E-state index in [1.54, 1.807) is 0 Å². The summed E-state index contributed by atoms with van der Waals surface area (Å²) in [6, 6.07) is 11.2. The van der Waals surface area contributed by atoms with Crippen LogP contribution >= 0.6 is 11.6 Å². The number of nitrogens with zero attached hydrogens (tertiary/aromatic N) is 1. The Morgan fingerprint density at radius 1 is 0.968 bits per heavy atom. The minimum absolute atomic E-state index is 0.0272. The normalized spacial score (nSPS) is 11.3. The van der Waals surface area contributed by atoms with E-state index in [-0.39, 0.29) is 33.3 Å². The number of carbonyl (C=O) groups is 1. The van der Waals surface area contributed by atoms with Crippen molar-refractivity contribution < 1.29 is 26.4 Å². The third-order valence-electron chi connectivity index (χ3n) is 4.48. The molecular formula is C21H16ClF3N2O3S. The lowest BCUT2D eigenvalue weighted by atomic mass is 10.1. The van der Waals surface area contributed by atoms with Gasteiger partial charge in [0.25, 0.3) is 15.9 Å². The predicted molar refractivity (Wildman–Crippen MR) is 111 cm³/mol. The van der Waals surface area contributed by atoms with E-state index in [1.165, 1.54) is 31.3 Å². The first-order chi connectivity index (χ1) is 14.6. The number of halogens is 4. The van der Waals surface area contributed by atoms with Crippen LogP contribution in [0.3, 0.4) is 0 Å². The molecule has 0 bridgehead atoms. The molecular weight excluding hydrogens is 453 g/mol. The molecule has 10 heteroatoms. The average Bonchev–Trinajstić information content (AvgIpc) is 2.74. The number of rotatable bonds is 6. The van der Waals surface area contributed by atoms with Crippen molar-refractivity contribution in [3.05, 3.63) is 94.3 Å². The maximum Gasteiger partial charge on any atom is 0.264 e. The summed E-state index contributed by atoms with van der Waals surface area (Å²) in [7, 11) is -2.81. The highest BCUT2D eigenvalue weighted by Crippen LogP contribution is 2.26. The largest absolute Gasteiger partial charge is 0.348 e. The number of sulfonamides is 1. The minimum atomic E-state index is -4.09. The molecule has 0 aliphatic carbocycles. The Balaban J connectivity index is 1.85. The lowest BCUT2D eigenvalue weighted by Gasteiger charge is -2.20. The minimum Gasteiger partial charge on any atom is -0.348 e. The fourth-order valence-corrected chi connectivity index (χ4v) is 4.16. The van der Waals surface area contributed by atoms with E-state index in [2.05, 4.69) is 5.32 Å². The molecule has 0 spiro atoms. The molecule has 0 radical (unpaired) electrons. The van der Waals surface area contributed by atoms with E-state index >= 15 is 0 Å². The summed E-state index contributed by atoms with van der Waals surface area (Å²) in [6.07, 6.45) is 0. The van der Waals surface area contributed by atoms with Crippen LogP contribution in [0.1, 0.15) is 15.9 Å². The molecule has 3 rings (SSSR count). The smallest absolute Gasteiger partial charge is 0.264 e. The molecule has 0 saturated carbocycles. The van der Waals surface area contributed by atoms with Crippen molar-refractivity contribution in [2.75, 3.05) is 11.4 Å². The van der Waals surface area contributed by atoms with Gasteiger partial charge in [-0.25, -0.2) is 21.6 Å². The van der Waals surface area contributed by atoms with Crippen LogP contribution in [0.5, 0.6) is 0 Å². The fraction of sp³-hybridized carbons (Fsp3) is 0.0952. The van der Waals surface area contributed by atoms with Gasteiger partial charge in [0.15, 0.2) is 0 Å². The van der Waals surface area contributed by atoms with Crippen molar-refractivity contribution in [1.29, 1.82) is 0 Å². The highest BCUT2D eigenvalue weighted by molar-refractivity contribution is 7.92. The van der Waals surface area contributed by atoms with Gasteiger partial charge in [0.2, 0.25) is 0 Å². The number of hydrogen-bond donors (Lipinski definition) is 1. The third kappa shape index (κ3) is 5.00. The molecule has 1 N–H and O–H groups in total. The van der Waals surface area contributed by atoms with Crippen molar-refractivity contribution in [1.82, 2.24) is 5.32 Å². The second-order valence-corrected chi connectivity index (χ2v) is 8.89. The average molecular weight is 469 g/mol. The highest BCUT2D eigenvalue weighted by Gasteiger charge is 2.24. The second kappa shape index (κ2) is 8.99. The second-order valence-electron chi connectivity index (χ2n) is 6.51. The topological polar surface area (TPSA) is 66.5 Å². The number of hydrogen-bond acceptors (Lipinski definition) is 3. The number of nitrogens with one attached hydrogen (secondary N) is 1. The molecule has 5 nitrogen and oxygen atoms in total. The van der Waals surface area contributed by atoms with E-state index in [4.69, 9.17) is 11.6 Å². The summed E-state index contributed by atoms with van der Waals surface area (Å²) in [5.74, 6) is -2.66. The zero-order chi connectivity index (χ0) is 22.8. The van der Waals surface area contributed by atoms with Crippen molar-refractivity contribution in [2.45, 2.75) is 11.4 Å². The van der Waals surface area contributed by atoms with Crippen molar-refractivity contribution in [3.8, 4) is 0 Å². The van der Waals surface area contributed by atoms with Gasteiger partial charge < -0.3 is 5.32 Å². The van der Waals surface area contributed by atoms with Gasteiger partial charge in [-0.05, 0) is 60.7 Å². The molecule has 0 fully saturated rings. The first kappa shape index (κ1) is 22.6. The van der Waals surface area contributed by atoms with Crippen LogP contribution < -0.4 is 9.62 Å². The quantitative estimate of drug-likeness (QED) is 0.578. The number of carbonyl (C=O) groups excluding carboxylic acids is 1. The molecule has 0 aliphatic heterocycles. The van der Waals surface area contributed by atoms with E-state index in [9.17, 15) is 26.4 Å². The Bertz CT molecular complexity index is 1240. The van der Waals surface area contributed by atoms with Crippen LogP contribution in [0.2, 0.25) is 5.02 Å². The van der Waals surface area contributed by atoms with Crippen LogP contribution in [-0.2, 0) is 16.6 Å². The van der Waals surface area contributed by atoms with Gasteiger partial charge in [0.05, 0.1) is 21.2 Å². The number of anilines is 1. The molecule has 0 aliphatic rings. The Labute approximate surface area is 182 Å². The molecule has 1 amide bonds. The van der Waals surface area contributed by atoms with Crippen molar-refractivity contribution >= 4 is 33.2 Å². The van der Waals surface area contributed by atoms with Crippen LogP contribution in [0, 0.1) is 17.5 Å². The Hall–Kier alpha value is -3.04. The summed E-state index contributed by atoms with van der Waals surface area (Å²) in [5.41, 5.74) is -0.0275.